The van der Waals surface area contributed by atoms with Gasteiger partial charge in [-0.05, 0) is 123 Å². The minimum atomic E-state index is -0.130. The van der Waals surface area contributed by atoms with Crippen molar-refractivity contribution in [1.82, 2.24) is 0 Å². The maximum absolute atomic E-state index is 2.48. The minimum absolute atomic E-state index is 0.130. The number of rotatable bonds is 2. The number of fused-ring (bicyclic) bond motifs is 12. The summed E-state index contributed by atoms with van der Waals surface area (Å²) in [6.45, 7) is 4.79. The van der Waals surface area contributed by atoms with Crippen molar-refractivity contribution >= 4 is 53.9 Å². The third kappa shape index (κ3) is 3.76. The largest absolute Gasteiger partial charge is 0.0616 e. The van der Waals surface area contributed by atoms with E-state index in [0.29, 0.717) is 0 Å². The maximum atomic E-state index is 2.48. The summed E-state index contributed by atoms with van der Waals surface area (Å²) in [6, 6.07) is 58.9. The highest BCUT2D eigenvalue weighted by Crippen LogP contribution is 2.52. The Labute approximate surface area is 274 Å². The van der Waals surface area contributed by atoms with E-state index in [1.54, 1.807) is 0 Å². The summed E-state index contributed by atoms with van der Waals surface area (Å²) >= 11 is 0. The molecule has 0 aliphatic heterocycles. The van der Waals surface area contributed by atoms with E-state index >= 15 is 0 Å². The van der Waals surface area contributed by atoms with Gasteiger partial charge in [0.25, 0.3) is 0 Å². The smallest absolute Gasteiger partial charge is 0.0159 e. The van der Waals surface area contributed by atoms with E-state index in [1.165, 1.54) is 98.4 Å². The van der Waals surface area contributed by atoms with Crippen molar-refractivity contribution in [2.24, 2.45) is 0 Å². The van der Waals surface area contributed by atoms with Gasteiger partial charge in [-0.2, -0.15) is 0 Å². The summed E-state index contributed by atoms with van der Waals surface area (Å²) < 4.78 is 0. The molecule has 9 aromatic rings. The van der Waals surface area contributed by atoms with Crippen molar-refractivity contribution in [3.8, 4) is 33.4 Å². The molecule has 0 N–H and O–H groups in total. The van der Waals surface area contributed by atoms with Crippen molar-refractivity contribution in [2.45, 2.75) is 19.3 Å². The number of hydrogen-bond donors (Lipinski definition) is 0. The zero-order valence-corrected chi connectivity index (χ0v) is 26.5. The summed E-state index contributed by atoms with van der Waals surface area (Å²) in [5.41, 5.74) is 10.5. The van der Waals surface area contributed by atoms with Gasteiger partial charge in [-0.25, -0.2) is 0 Å². The highest BCUT2D eigenvalue weighted by Gasteiger charge is 2.36. The van der Waals surface area contributed by atoms with Gasteiger partial charge in [-0.15, -0.1) is 0 Å². The predicted molar refractivity (Wildman–Crippen MR) is 202 cm³/mol. The molecule has 0 heterocycles. The van der Waals surface area contributed by atoms with E-state index in [-0.39, 0.29) is 5.41 Å². The molecule has 1 aliphatic rings. The van der Waals surface area contributed by atoms with Gasteiger partial charge in [-0.1, -0.05) is 147 Å². The van der Waals surface area contributed by atoms with Gasteiger partial charge in [0, 0.05) is 5.41 Å². The Balaban J connectivity index is 1.20. The molecular formula is C47H32. The summed E-state index contributed by atoms with van der Waals surface area (Å²) in [5, 5.41) is 13.1. The minimum Gasteiger partial charge on any atom is -0.0616 e. The second-order valence-corrected chi connectivity index (χ2v) is 13.7. The van der Waals surface area contributed by atoms with Gasteiger partial charge in [0.15, 0.2) is 0 Å². The van der Waals surface area contributed by atoms with Crippen LogP contribution in [0.15, 0.2) is 158 Å². The van der Waals surface area contributed by atoms with Crippen molar-refractivity contribution in [2.75, 3.05) is 0 Å². The normalized spacial score (nSPS) is 13.5. The highest BCUT2D eigenvalue weighted by atomic mass is 14.4. The van der Waals surface area contributed by atoms with Gasteiger partial charge >= 0.3 is 0 Å². The molecule has 0 atom stereocenters. The molecule has 47 heavy (non-hydrogen) atoms. The van der Waals surface area contributed by atoms with Crippen LogP contribution in [0.1, 0.15) is 25.0 Å². The first-order chi connectivity index (χ1) is 23.1. The van der Waals surface area contributed by atoms with E-state index in [4.69, 9.17) is 0 Å². The molecule has 0 saturated carbocycles. The zero-order chi connectivity index (χ0) is 31.3. The molecule has 1 aliphatic carbocycles. The van der Waals surface area contributed by atoms with Crippen LogP contribution in [0.3, 0.4) is 0 Å². The van der Waals surface area contributed by atoms with E-state index in [9.17, 15) is 0 Å². The highest BCUT2D eigenvalue weighted by molar-refractivity contribution is 6.34. The Morgan fingerprint density at radius 1 is 0.319 bits per heavy atom. The molecule has 0 fully saturated rings. The average molecular weight is 597 g/mol. The molecule has 0 aromatic heterocycles. The summed E-state index contributed by atoms with van der Waals surface area (Å²) in [4.78, 5) is 0. The molecular weight excluding hydrogens is 565 g/mol. The van der Waals surface area contributed by atoms with Gasteiger partial charge in [0.2, 0.25) is 0 Å². The fourth-order valence-corrected chi connectivity index (χ4v) is 8.46. The van der Waals surface area contributed by atoms with Crippen molar-refractivity contribution in [3.63, 3.8) is 0 Å². The molecule has 0 spiro atoms. The molecule has 9 aromatic carbocycles. The molecule has 0 saturated heterocycles. The second-order valence-electron chi connectivity index (χ2n) is 13.7. The van der Waals surface area contributed by atoms with Gasteiger partial charge < -0.3 is 0 Å². The molecule has 220 valence electrons. The summed E-state index contributed by atoms with van der Waals surface area (Å²) in [5.74, 6) is 0. The molecule has 0 radical (unpaired) electrons. The van der Waals surface area contributed by atoms with E-state index in [2.05, 4.69) is 172 Å². The Morgan fingerprint density at radius 2 is 0.809 bits per heavy atom. The van der Waals surface area contributed by atoms with Gasteiger partial charge in [-0.3, -0.25) is 0 Å². The SMILES string of the molecule is CC1(C)c2cc(-c3ccc4ccccc4c3)ccc2-c2ccc(-c3cc4ccccc4c4c5ccccc5c5ccccc5c34)cc21. The lowest BCUT2D eigenvalue weighted by atomic mass is 9.80. The monoisotopic (exact) mass is 596 g/mol. The van der Waals surface area contributed by atoms with Crippen LogP contribution in [0.25, 0.3) is 87.2 Å². The van der Waals surface area contributed by atoms with Crippen molar-refractivity contribution in [3.05, 3.63) is 169 Å². The fourth-order valence-electron chi connectivity index (χ4n) is 8.46. The Bertz CT molecular complexity index is 2760. The zero-order valence-electron chi connectivity index (χ0n) is 26.5. The van der Waals surface area contributed by atoms with Crippen LogP contribution in [0.5, 0.6) is 0 Å². The summed E-state index contributed by atoms with van der Waals surface area (Å²) in [7, 11) is 0. The van der Waals surface area contributed by atoms with Crippen molar-refractivity contribution < 1.29 is 0 Å². The Morgan fingerprint density at radius 3 is 1.51 bits per heavy atom. The van der Waals surface area contributed by atoms with Crippen LogP contribution >= 0.6 is 0 Å². The predicted octanol–water partition coefficient (Wildman–Crippen LogP) is 13.1. The average Bonchev–Trinajstić information content (AvgIpc) is 3.35. The number of hydrogen-bond acceptors (Lipinski definition) is 0. The van der Waals surface area contributed by atoms with Crippen molar-refractivity contribution in [1.29, 1.82) is 0 Å². The van der Waals surface area contributed by atoms with E-state index in [1.807, 2.05) is 0 Å². The van der Waals surface area contributed by atoms with Gasteiger partial charge in [0.05, 0.1) is 0 Å². The topological polar surface area (TPSA) is 0 Å². The molecule has 10 rings (SSSR count). The molecule has 0 amide bonds. The van der Waals surface area contributed by atoms with E-state index < -0.39 is 0 Å². The summed E-state index contributed by atoms with van der Waals surface area (Å²) in [6.07, 6.45) is 0. The third-order valence-corrected chi connectivity index (χ3v) is 10.8. The van der Waals surface area contributed by atoms with Crippen LogP contribution < -0.4 is 0 Å². The quantitative estimate of drug-likeness (QED) is 0.174. The van der Waals surface area contributed by atoms with Crippen LogP contribution in [0.4, 0.5) is 0 Å². The molecule has 0 nitrogen and oxygen atoms in total. The van der Waals surface area contributed by atoms with Crippen LogP contribution in [-0.4, -0.2) is 0 Å². The standard InChI is InChI=1S/C47H32/c1-47(2)43-27-32(31-20-19-29-11-3-4-12-30(29)25-31)21-23-38(43)39-24-22-34(28-44(39)47)42-26-33-13-5-6-14-35(33)45-40-17-9-7-15-36(40)37-16-8-10-18-41(37)46(42)45/h3-28H,1-2H3. The first kappa shape index (κ1) is 26.5. The fraction of sp³-hybridized carbons (Fsp3) is 0.0638. The lowest BCUT2D eigenvalue weighted by Gasteiger charge is -2.23. The van der Waals surface area contributed by atoms with E-state index in [0.717, 1.165) is 0 Å². The lowest BCUT2D eigenvalue weighted by Crippen LogP contribution is -2.15. The van der Waals surface area contributed by atoms with Crippen LogP contribution in [0.2, 0.25) is 0 Å². The van der Waals surface area contributed by atoms with Crippen LogP contribution in [-0.2, 0) is 5.41 Å². The molecule has 0 heteroatoms. The molecule has 0 bridgehead atoms. The first-order valence-electron chi connectivity index (χ1n) is 16.6. The Hall–Kier alpha value is -5.72. The lowest BCUT2D eigenvalue weighted by molar-refractivity contribution is 0.661. The Kier molecular flexibility index (Phi) is 5.44. The van der Waals surface area contributed by atoms with Crippen LogP contribution in [0, 0.1) is 0 Å². The number of benzene rings is 9. The molecule has 0 unspecified atom stereocenters. The van der Waals surface area contributed by atoms with Gasteiger partial charge in [0.1, 0.15) is 0 Å². The second kappa shape index (κ2) is 9.64. The first-order valence-corrected chi connectivity index (χ1v) is 16.6. The maximum Gasteiger partial charge on any atom is 0.0159 e. The third-order valence-electron chi connectivity index (χ3n) is 10.8.